The van der Waals surface area contributed by atoms with Gasteiger partial charge in [-0.05, 0) is 0 Å². The van der Waals surface area contributed by atoms with Crippen LogP contribution in [0.1, 0.15) is 6.42 Å². The quantitative estimate of drug-likeness (QED) is 0.732. The fourth-order valence-corrected chi connectivity index (χ4v) is 0.782. The lowest BCUT2D eigenvalue weighted by Gasteiger charge is -2.02. The summed E-state index contributed by atoms with van der Waals surface area (Å²) in [5.41, 5.74) is 0.601. The predicted molar refractivity (Wildman–Crippen MR) is 47.2 cm³/mol. The van der Waals surface area contributed by atoms with Crippen LogP contribution >= 0.6 is 0 Å². The third-order valence-corrected chi connectivity index (χ3v) is 1.38. The van der Waals surface area contributed by atoms with Crippen molar-refractivity contribution in [3.8, 4) is 0 Å². The number of nitrogens with one attached hydrogen (secondary N) is 1. The summed E-state index contributed by atoms with van der Waals surface area (Å²) in [4.78, 5) is 18.6. The number of rotatable bonds is 4. The van der Waals surface area contributed by atoms with E-state index in [9.17, 15) is 4.79 Å². The first kappa shape index (κ1) is 9.60. The third kappa shape index (κ3) is 3.62. The number of hydrogen-bond acceptors (Lipinski definition) is 4. The van der Waals surface area contributed by atoms with Gasteiger partial charge >= 0.3 is 0 Å². The van der Waals surface area contributed by atoms with E-state index in [1.807, 2.05) is 0 Å². The molecule has 1 rings (SSSR count). The average molecular weight is 181 g/mol. The Morgan fingerprint density at radius 2 is 2.23 bits per heavy atom. The minimum absolute atomic E-state index is 0.100. The molecule has 0 fully saturated rings. The Morgan fingerprint density at radius 3 is 2.85 bits per heavy atom. The van der Waals surface area contributed by atoms with Crippen LogP contribution in [-0.4, -0.2) is 29.6 Å². The number of methoxy groups -OCH3 is 1. The molecule has 0 saturated heterocycles. The van der Waals surface area contributed by atoms with E-state index in [1.54, 1.807) is 7.11 Å². The summed E-state index contributed by atoms with van der Waals surface area (Å²) in [6.07, 6.45) is 4.83. The Labute approximate surface area is 76.2 Å². The summed E-state index contributed by atoms with van der Waals surface area (Å²) in [6.45, 7) is 0.416. The Hall–Kier alpha value is -1.49. The zero-order valence-electron chi connectivity index (χ0n) is 7.36. The number of aromatic nitrogens is 2. The van der Waals surface area contributed by atoms with Gasteiger partial charge in [0.05, 0.1) is 31.1 Å². The lowest BCUT2D eigenvalue weighted by atomic mass is 10.4. The zero-order valence-corrected chi connectivity index (χ0v) is 7.36. The van der Waals surface area contributed by atoms with Crippen LogP contribution in [-0.2, 0) is 9.53 Å². The molecule has 1 amide bonds. The van der Waals surface area contributed by atoms with Gasteiger partial charge in [-0.3, -0.25) is 4.79 Å². The predicted octanol–water partition coefficient (Wildman–Crippen LogP) is 0.452. The second-order valence-electron chi connectivity index (χ2n) is 2.42. The van der Waals surface area contributed by atoms with Gasteiger partial charge in [0.1, 0.15) is 6.33 Å². The molecule has 0 unspecified atom stereocenters. The smallest absolute Gasteiger partial charge is 0.226 e. The maximum Gasteiger partial charge on any atom is 0.226 e. The fourth-order valence-electron chi connectivity index (χ4n) is 0.782. The second kappa shape index (κ2) is 5.21. The molecule has 0 radical (unpaired) electrons. The largest absolute Gasteiger partial charge is 0.384 e. The third-order valence-electron chi connectivity index (χ3n) is 1.38. The average Bonchev–Trinajstić information content (AvgIpc) is 2.16. The van der Waals surface area contributed by atoms with E-state index >= 15 is 0 Å². The molecule has 0 aliphatic rings. The molecule has 1 aromatic heterocycles. The van der Waals surface area contributed by atoms with E-state index in [-0.39, 0.29) is 5.91 Å². The first-order valence-electron chi connectivity index (χ1n) is 3.86. The van der Waals surface area contributed by atoms with Crippen LogP contribution < -0.4 is 5.32 Å². The molecule has 70 valence electrons. The van der Waals surface area contributed by atoms with E-state index < -0.39 is 0 Å². The van der Waals surface area contributed by atoms with E-state index in [0.29, 0.717) is 18.7 Å². The lowest BCUT2D eigenvalue weighted by molar-refractivity contribution is -0.117. The molecule has 5 heteroatoms. The van der Waals surface area contributed by atoms with Crippen molar-refractivity contribution < 1.29 is 9.53 Å². The minimum Gasteiger partial charge on any atom is -0.384 e. The van der Waals surface area contributed by atoms with E-state index in [2.05, 4.69) is 15.3 Å². The summed E-state index contributed by atoms with van der Waals surface area (Å²) in [7, 11) is 1.55. The van der Waals surface area contributed by atoms with Crippen molar-refractivity contribution in [3.63, 3.8) is 0 Å². The fraction of sp³-hybridized carbons (Fsp3) is 0.375. The minimum atomic E-state index is -0.100. The Morgan fingerprint density at radius 1 is 1.54 bits per heavy atom. The van der Waals surface area contributed by atoms with Gasteiger partial charge in [-0.25, -0.2) is 9.97 Å². The topological polar surface area (TPSA) is 64.1 Å². The normalized spacial score (nSPS) is 9.62. The highest BCUT2D eigenvalue weighted by molar-refractivity contribution is 5.90. The summed E-state index contributed by atoms with van der Waals surface area (Å²) >= 11 is 0. The standard InChI is InChI=1S/C8H11N3O2/c1-13-3-2-8(12)11-7-4-9-6-10-5-7/h4-6H,2-3H2,1H3,(H,11,12). The van der Waals surface area contributed by atoms with Gasteiger partial charge in [0.2, 0.25) is 5.91 Å². The number of anilines is 1. The molecule has 1 heterocycles. The Bertz CT molecular complexity index is 263. The first-order valence-corrected chi connectivity index (χ1v) is 3.86. The van der Waals surface area contributed by atoms with Crippen molar-refractivity contribution in [2.24, 2.45) is 0 Å². The molecule has 0 aliphatic carbocycles. The Kier molecular flexibility index (Phi) is 3.84. The molecule has 0 aromatic carbocycles. The van der Waals surface area contributed by atoms with Crippen LogP contribution in [0.3, 0.4) is 0 Å². The highest BCUT2D eigenvalue weighted by atomic mass is 16.5. The number of carbonyl (C=O) groups is 1. The van der Waals surface area contributed by atoms with Crippen LogP contribution in [0.25, 0.3) is 0 Å². The molecular formula is C8H11N3O2. The molecular weight excluding hydrogens is 170 g/mol. The number of amides is 1. The highest BCUT2D eigenvalue weighted by Crippen LogP contribution is 2.00. The van der Waals surface area contributed by atoms with Crippen LogP contribution in [0.4, 0.5) is 5.69 Å². The molecule has 0 bridgehead atoms. The van der Waals surface area contributed by atoms with Crippen LogP contribution in [0, 0.1) is 0 Å². The molecule has 0 saturated carbocycles. The highest BCUT2D eigenvalue weighted by Gasteiger charge is 2.00. The van der Waals surface area contributed by atoms with E-state index in [4.69, 9.17) is 4.74 Å². The van der Waals surface area contributed by atoms with Crippen LogP contribution in [0.2, 0.25) is 0 Å². The van der Waals surface area contributed by atoms with Crippen LogP contribution in [0.5, 0.6) is 0 Å². The maximum absolute atomic E-state index is 11.1. The van der Waals surface area contributed by atoms with Crippen molar-refractivity contribution in [1.82, 2.24) is 9.97 Å². The van der Waals surface area contributed by atoms with Crippen molar-refractivity contribution in [1.29, 1.82) is 0 Å². The van der Waals surface area contributed by atoms with Gasteiger partial charge in [0, 0.05) is 7.11 Å². The van der Waals surface area contributed by atoms with Gasteiger partial charge in [0.15, 0.2) is 0 Å². The first-order chi connectivity index (χ1) is 6.33. The maximum atomic E-state index is 11.1. The van der Waals surface area contributed by atoms with Crippen molar-refractivity contribution in [2.45, 2.75) is 6.42 Å². The summed E-state index contributed by atoms with van der Waals surface area (Å²) in [5, 5.41) is 2.63. The number of carbonyl (C=O) groups excluding carboxylic acids is 1. The van der Waals surface area contributed by atoms with Crippen LogP contribution in [0.15, 0.2) is 18.7 Å². The van der Waals surface area contributed by atoms with Gasteiger partial charge < -0.3 is 10.1 Å². The molecule has 0 aliphatic heterocycles. The van der Waals surface area contributed by atoms with Crippen molar-refractivity contribution >= 4 is 11.6 Å². The molecule has 5 nitrogen and oxygen atoms in total. The summed E-state index contributed by atoms with van der Waals surface area (Å²) < 4.78 is 4.76. The molecule has 13 heavy (non-hydrogen) atoms. The zero-order chi connectivity index (χ0) is 9.52. The molecule has 0 atom stereocenters. The monoisotopic (exact) mass is 181 g/mol. The number of nitrogens with zero attached hydrogens (tertiary/aromatic N) is 2. The van der Waals surface area contributed by atoms with Gasteiger partial charge in [-0.15, -0.1) is 0 Å². The summed E-state index contributed by atoms with van der Waals surface area (Å²) in [6, 6.07) is 0. The van der Waals surface area contributed by atoms with E-state index in [1.165, 1.54) is 18.7 Å². The van der Waals surface area contributed by atoms with Gasteiger partial charge in [-0.1, -0.05) is 0 Å². The SMILES string of the molecule is COCCC(=O)Nc1cncnc1. The second-order valence-corrected chi connectivity index (χ2v) is 2.42. The Balaban J connectivity index is 2.37. The molecule has 0 spiro atoms. The van der Waals surface area contributed by atoms with Gasteiger partial charge in [-0.2, -0.15) is 0 Å². The molecule has 1 aromatic rings. The van der Waals surface area contributed by atoms with Gasteiger partial charge in [0.25, 0.3) is 0 Å². The van der Waals surface area contributed by atoms with Crippen molar-refractivity contribution in [3.05, 3.63) is 18.7 Å². The summed E-state index contributed by atoms with van der Waals surface area (Å²) in [5.74, 6) is -0.100. The number of ether oxygens (including phenoxy) is 1. The van der Waals surface area contributed by atoms with E-state index in [0.717, 1.165) is 0 Å². The van der Waals surface area contributed by atoms with Crippen molar-refractivity contribution in [2.75, 3.05) is 19.0 Å². The number of hydrogen-bond donors (Lipinski definition) is 1. The lowest BCUT2D eigenvalue weighted by Crippen LogP contribution is -2.13. The molecule has 1 N–H and O–H groups in total.